The van der Waals surface area contributed by atoms with E-state index in [4.69, 9.17) is 5.11 Å². The average molecular weight is 250 g/mol. The van der Waals surface area contributed by atoms with Crippen LogP contribution in [0, 0.1) is 5.82 Å². The lowest BCUT2D eigenvalue weighted by Crippen LogP contribution is -2.33. The fourth-order valence-corrected chi connectivity index (χ4v) is 1.85. The van der Waals surface area contributed by atoms with Crippen LogP contribution in [0.2, 0.25) is 0 Å². The third-order valence-electron chi connectivity index (χ3n) is 2.83. The van der Waals surface area contributed by atoms with Gasteiger partial charge in [-0.05, 0) is 31.5 Å². The first-order valence-corrected chi connectivity index (χ1v) is 5.80. The zero-order valence-corrected chi connectivity index (χ0v) is 10.0. The van der Waals surface area contributed by atoms with Gasteiger partial charge in [-0.2, -0.15) is 0 Å². The van der Waals surface area contributed by atoms with Crippen LogP contribution in [0.3, 0.4) is 0 Å². The Morgan fingerprint density at radius 3 is 3.06 bits per heavy atom. The van der Waals surface area contributed by atoms with Gasteiger partial charge >= 0.3 is 0 Å². The van der Waals surface area contributed by atoms with Crippen molar-refractivity contribution in [2.45, 2.75) is 19.4 Å². The molecular formula is C13H15FN2O2. The molecule has 2 rings (SSSR count). The lowest BCUT2D eigenvalue weighted by atomic mass is 10.1. The van der Waals surface area contributed by atoms with E-state index in [1.54, 1.807) is 12.3 Å². The molecule has 4 nitrogen and oxygen atoms in total. The molecule has 0 bridgehead atoms. The molecule has 0 aliphatic heterocycles. The van der Waals surface area contributed by atoms with Gasteiger partial charge in [-0.15, -0.1) is 0 Å². The van der Waals surface area contributed by atoms with Crippen LogP contribution < -0.4 is 5.32 Å². The van der Waals surface area contributed by atoms with Gasteiger partial charge in [0.15, 0.2) is 0 Å². The molecule has 0 fully saturated rings. The first-order valence-electron chi connectivity index (χ1n) is 5.80. The smallest absolute Gasteiger partial charge is 0.253 e. The molecule has 5 heteroatoms. The van der Waals surface area contributed by atoms with E-state index in [1.165, 1.54) is 12.1 Å². The minimum atomic E-state index is -0.343. The maximum atomic E-state index is 13.0. The van der Waals surface area contributed by atoms with Crippen molar-refractivity contribution >= 4 is 16.8 Å². The van der Waals surface area contributed by atoms with Crippen LogP contribution in [0.1, 0.15) is 23.7 Å². The Morgan fingerprint density at radius 1 is 1.56 bits per heavy atom. The summed E-state index contributed by atoms with van der Waals surface area (Å²) in [5, 5.41) is 12.2. The second kappa shape index (κ2) is 5.18. The molecule has 1 unspecified atom stereocenters. The van der Waals surface area contributed by atoms with E-state index in [-0.39, 0.29) is 24.4 Å². The van der Waals surface area contributed by atoms with Gasteiger partial charge in [0, 0.05) is 29.7 Å². The standard InChI is InChI=1S/C13H15FN2O2/c1-8(4-5-17)16-13(18)11-7-15-12-6-9(14)2-3-10(11)12/h2-3,6-8,15,17H,4-5H2,1H3,(H,16,18). The Hall–Kier alpha value is -1.88. The van der Waals surface area contributed by atoms with Gasteiger partial charge in [0.05, 0.1) is 5.56 Å². The summed E-state index contributed by atoms with van der Waals surface area (Å²) in [6, 6.07) is 4.15. The second-order valence-corrected chi connectivity index (χ2v) is 4.28. The quantitative estimate of drug-likeness (QED) is 0.774. The van der Waals surface area contributed by atoms with Crippen molar-refractivity contribution in [3.05, 3.63) is 35.8 Å². The van der Waals surface area contributed by atoms with Gasteiger partial charge < -0.3 is 15.4 Å². The van der Waals surface area contributed by atoms with Crippen molar-refractivity contribution in [2.24, 2.45) is 0 Å². The second-order valence-electron chi connectivity index (χ2n) is 4.28. The summed E-state index contributed by atoms with van der Waals surface area (Å²) < 4.78 is 13.0. The molecule has 2 aromatic rings. The van der Waals surface area contributed by atoms with E-state index in [9.17, 15) is 9.18 Å². The zero-order chi connectivity index (χ0) is 13.1. The third kappa shape index (κ3) is 2.51. The number of fused-ring (bicyclic) bond motifs is 1. The van der Waals surface area contributed by atoms with Crippen molar-refractivity contribution in [1.29, 1.82) is 0 Å². The summed E-state index contributed by atoms with van der Waals surface area (Å²) in [5.41, 5.74) is 1.07. The summed E-state index contributed by atoms with van der Waals surface area (Å²) in [6.45, 7) is 1.85. The highest BCUT2D eigenvalue weighted by Crippen LogP contribution is 2.19. The molecule has 0 saturated carbocycles. The first kappa shape index (κ1) is 12.6. The van der Waals surface area contributed by atoms with Crippen molar-refractivity contribution < 1.29 is 14.3 Å². The summed E-state index contributed by atoms with van der Waals surface area (Å²) >= 11 is 0. The molecule has 1 amide bonds. The zero-order valence-electron chi connectivity index (χ0n) is 10.0. The molecule has 0 aliphatic rings. The van der Waals surface area contributed by atoms with Crippen LogP contribution in [-0.4, -0.2) is 28.6 Å². The summed E-state index contributed by atoms with van der Waals surface area (Å²) in [5.74, 6) is -0.571. The lowest BCUT2D eigenvalue weighted by Gasteiger charge is -2.11. The predicted molar refractivity (Wildman–Crippen MR) is 66.9 cm³/mol. The van der Waals surface area contributed by atoms with E-state index in [0.29, 0.717) is 22.9 Å². The Bertz CT molecular complexity index is 565. The summed E-state index contributed by atoms with van der Waals surface area (Å²) in [4.78, 5) is 14.8. The molecule has 0 radical (unpaired) electrons. The highest BCUT2D eigenvalue weighted by Gasteiger charge is 2.14. The predicted octanol–water partition coefficient (Wildman–Crippen LogP) is 1.81. The monoisotopic (exact) mass is 250 g/mol. The molecule has 18 heavy (non-hydrogen) atoms. The lowest BCUT2D eigenvalue weighted by molar-refractivity contribution is 0.0936. The van der Waals surface area contributed by atoms with E-state index < -0.39 is 0 Å². The average Bonchev–Trinajstić information content (AvgIpc) is 2.71. The number of amides is 1. The molecular weight excluding hydrogens is 235 g/mol. The number of halogens is 1. The Morgan fingerprint density at radius 2 is 2.33 bits per heavy atom. The highest BCUT2D eigenvalue weighted by molar-refractivity contribution is 6.06. The van der Waals surface area contributed by atoms with Crippen LogP contribution in [0.5, 0.6) is 0 Å². The van der Waals surface area contributed by atoms with Crippen molar-refractivity contribution in [2.75, 3.05) is 6.61 Å². The van der Waals surface area contributed by atoms with Crippen LogP contribution in [0.15, 0.2) is 24.4 Å². The maximum Gasteiger partial charge on any atom is 0.253 e. The maximum absolute atomic E-state index is 13.0. The Kier molecular flexibility index (Phi) is 3.62. The van der Waals surface area contributed by atoms with Crippen LogP contribution in [0.25, 0.3) is 10.9 Å². The number of aliphatic hydroxyl groups excluding tert-OH is 1. The Labute approximate surface area is 104 Å². The fourth-order valence-electron chi connectivity index (χ4n) is 1.85. The third-order valence-corrected chi connectivity index (χ3v) is 2.83. The molecule has 0 aliphatic carbocycles. The SMILES string of the molecule is CC(CCO)NC(=O)c1c[nH]c2cc(F)ccc12. The molecule has 3 N–H and O–H groups in total. The first-order chi connectivity index (χ1) is 8.61. The number of aliphatic hydroxyl groups is 1. The highest BCUT2D eigenvalue weighted by atomic mass is 19.1. The van der Waals surface area contributed by atoms with Gasteiger partial charge in [0.2, 0.25) is 0 Å². The number of carbonyl (C=O) groups is 1. The molecule has 1 aromatic heterocycles. The topological polar surface area (TPSA) is 65.1 Å². The van der Waals surface area contributed by atoms with Crippen LogP contribution in [0.4, 0.5) is 4.39 Å². The van der Waals surface area contributed by atoms with Gasteiger partial charge in [0.25, 0.3) is 5.91 Å². The van der Waals surface area contributed by atoms with Gasteiger partial charge in [-0.1, -0.05) is 0 Å². The summed E-state index contributed by atoms with van der Waals surface area (Å²) in [7, 11) is 0. The molecule has 1 heterocycles. The largest absolute Gasteiger partial charge is 0.396 e. The Balaban J connectivity index is 2.23. The van der Waals surface area contributed by atoms with Crippen LogP contribution >= 0.6 is 0 Å². The van der Waals surface area contributed by atoms with Gasteiger partial charge in [-0.3, -0.25) is 4.79 Å². The molecule has 96 valence electrons. The van der Waals surface area contributed by atoms with Crippen molar-refractivity contribution in [3.63, 3.8) is 0 Å². The number of rotatable bonds is 4. The van der Waals surface area contributed by atoms with Gasteiger partial charge in [-0.25, -0.2) is 4.39 Å². The van der Waals surface area contributed by atoms with Gasteiger partial charge in [0.1, 0.15) is 5.82 Å². The van der Waals surface area contributed by atoms with Crippen molar-refractivity contribution in [3.8, 4) is 0 Å². The van der Waals surface area contributed by atoms with Crippen molar-refractivity contribution in [1.82, 2.24) is 10.3 Å². The summed E-state index contributed by atoms with van der Waals surface area (Å²) in [6.07, 6.45) is 2.06. The number of H-pyrrole nitrogens is 1. The number of aromatic amines is 1. The molecule has 0 saturated heterocycles. The number of benzene rings is 1. The molecule has 1 aromatic carbocycles. The van der Waals surface area contributed by atoms with E-state index in [1.807, 2.05) is 6.92 Å². The minimum Gasteiger partial charge on any atom is -0.396 e. The number of hydrogen-bond acceptors (Lipinski definition) is 2. The fraction of sp³-hybridized carbons (Fsp3) is 0.308. The normalized spacial score (nSPS) is 12.6. The molecule has 0 spiro atoms. The number of carbonyl (C=O) groups excluding carboxylic acids is 1. The number of aromatic nitrogens is 1. The number of hydrogen-bond donors (Lipinski definition) is 3. The van der Waals surface area contributed by atoms with E-state index >= 15 is 0 Å². The van der Waals surface area contributed by atoms with Crippen LogP contribution in [-0.2, 0) is 0 Å². The minimum absolute atomic E-state index is 0.0283. The molecule has 1 atom stereocenters. The number of nitrogens with one attached hydrogen (secondary N) is 2. The van der Waals surface area contributed by atoms with E-state index in [2.05, 4.69) is 10.3 Å². The van der Waals surface area contributed by atoms with E-state index in [0.717, 1.165) is 0 Å².